The van der Waals surface area contributed by atoms with E-state index in [2.05, 4.69) is 4.72 Å². The van der Waals surface area contributed by atoms with Gasteiger partial charge in [-0.25, -0.2) is 17.9 Å². The highest BCUT2D eigenvalue weighted by Gasteiger charge is 2.15. The maximum atomic E-state index is 12.0. The van der Waals surface area contributed by atoms with Crippen molar-refractivity contribution in [2.75, 3.05) is 7.05 Å². The van der Waals surface area contributed by atoms with Gasteiger partial charge in [0.15, 0.2) is 0 Å². The molecule has 0 amide bonds. The molecule has 0 fully saturated rings. The average molecular weight is 340 g/mol. The van der Waals surface area contributed by atoms with Gasteiger partial charge >= 0.3 is 5.97 Å². The van der Waals surface area contributed by atoms with Gasteiger partial charge in [-0.2, -0.15) is 0 Å². The van der Waals surface area contributed by atoms with Crippen molar-refractivity contribution >= 4 is 27.6 Å². The van der Waals surface area contributed by atoms with Crippen molar-refractivity contribution in [1.29, 1.82) is 0 Å². The van der Waals surface area contributed by atoms with Crippen LogP contribution in [0.15, 0.2) is 53.4 Å². The van der Waals surface area contributed by atoms with Gasteiger partial charge in [-0.1, -0.05) is 29.8 Å². The summed E-state index contributed by atoms with van der Waals surface area (Å²) in [6.07, 6.45) is 0. The Balaban J connectivity index is 2.10. The number of benzene rings is 2. The zero-order valence-corrected chi connectivity index (χ0v) is 13.3. The SMILES string of the molecule is CNS(=O)(=O)c1cccc(C(=O)OCc2ccc(Cl)cc2)c1. The van der Waals surface area contributed by atoms with Crippen LogP contribution in [0.25, 0.3) is 0 Å². The zero-order valence-electron chi connectivity index (χ0n) is 11.7. The highest BCUT2D eigenvalue weighted by Crippen LogP contribution is 2.14. The highest BCUT2D eigenvalue weighted by molar-refractivity contribution is 7.89. The van der Waals surface area contributed by atoms with Gasteiger partial charge in [-0.15, -0.1) is 0 Å². The van der Waals surface area contributed by atoms with Crippen molar-refractivity contribution in [2.24, 2.45) is 0 Å². The number of hydrogen-bond donors (Lipinski definition) is 1. The third-order valence-electron chi connectivity index (χ3n) is 2.93. The summed E-state index contributed by atoms with van der Waals surface area (Å²) in [7, 11) is -2.29. The van der Waals surface area contributed by atoms with Gasteiger partial charge in [-0.3, -0.25) is 0 Å². The van der Waals surface area contributed by atoms with Gasteiger partial charge in [-0.05, 0) is 42.9 Å². The fourth-order valence-corrected chi connectivity index (χ4v) is 2.62. The van der Waals surface area contributed by atoms with Gasteiger partial charge in [0.25, 0.3) is 0 Å². The number of nitrogens with one attached hydrogen (secondary N) is 1. The number of carbonyl (C=O) groups excluding carboxylic acids is 1. The van der Waals surface area contributed by atoms with Gasteiger partial charge < -0.3 is 4.74 Å². The summed E-state index contributed by atoms with van der Waals surface area (Å²) in [5.74, 6) is -0.594. The van der Waals surface area contributed by atoms with Crippen LogP contribution < -0.4 is 4.72 Å². The van der Waals surface area contributed by atoms with Gasteiger partial charge in [0.1, 0.15) is 6.61 Å². The Kier molecular flexibility index (Phi) is 5.18. The van der Waals surface area contributed by atoms with Crippen LogP contribution in [-0.4, -0.2) is 21.4 Å². The minimum atomic E-state index is -3.60. The maximum absolute atomic E-state index is 12.0. The number of carbonyl (C=O) groups is 1. The van der Waals surface area contributed by atoms with E-state index in [0.717, 1.165) is 5.56 Å². The fourth-order valence-electron chi connectivity index (χ4n) is 1.72. The quantitative estimate of drug-likeness (QED) is 0.850. The van der Waals surface area contributed by atoms with Crippen molar-refractivity contribution in [2.45, 2.75) is 11.5 Å². The molecule has 0 aromatic heterocycles. The van der Waals surface area contributed by atoms with Crippen molar-refractivity contribution < 1.29 is 17.9 Å². The average Bonchev–Trinajstić information content (AvgIpc) is 2.54. The third-order valence-corrected chi connectivity index (χ3v) is 4.60. The fraction of sp³-hybridized carbons (Fsp3) is 0.133. The molecule has 0 unspecified atom stereocenters. The van der Waals surface area contributed by atoms with Crippen LogP contribution in [0.2, 0.25) is 5.02 Å². The third kappa shape index (κ3) is 4.07. The molecule has 0 bridgehead atoms. The molecule has 2 rings (SSSR count). The van der Waals surface area contributed by atoms with Crippen molar-refractivity contribution in [3.8, 4) is 0 Å². The Morgan fingerprint density at radius 1 is 1.18 bits per heavy atom. The molecular weight excluding hydrogens is 326 g/mol. The molecule has 1 N–H and O–H groups in total. The molecule has 0 heterocycles. The molecule has 0 spiro atoms. The van der Waals surface area contributed by atoms with E-state index in [1.54, 1.807) is 24.3 Å². The van der Waals surface area contributed by atoms with Crippen LogP contribution in [0.1, 0.15) is 15.9 Å². The molecule has 2 aromatic rings. The number of sulfonamides is 1. The van der Waals surface area contributed by atoms with Gasteiger partial charge in [0.2, 0.25) is 10.0 Å². The summed E-state index contributed by atoms with van der Waals surface area (Å²) in [5.41, 5.74) is 0.960. The Hall–Kier alpha value is -1.89. The lowest BCUT2D eigenvalue weighted by Crippen LogP contribution is -2.19. The largest absolute Gasteiger partial charge is 0.457 e. The van der Waals surface area contributed by atoms with E-state index in [4.69, 9.17) is 16.3 Å². The molecule has 0 aliphatic heterocycles. The lowest BCUT2D eigenvalue weighted by Gasteiger charge is -2.07. The molecule has 2 aromatic carbocycles. The van der Waals surface area contributed by atoms with E-state index in [9.17, 15) is 13.2 Å². The summed E-state index contributed by atoms with van der Waals surface area (Å²) in [4.78, 5) is 12.0. The summed E-state index contributed by atoms with van der Waals surface area (Å²) in [6, 6.07) is 12.6. The highest BCUT2D eigenvalue weighted by atomic mass is 35.5. The first-order chi connectivity index (χ1) is 10.4. The zero-order chi connectivity index (χ0) is 16.2. The van der Waals surface area contributed by atoms with Crippen LogP contribution in [0.3, 0.4) is 0 Å². The lowest BCUT2D eigenvalue weighted by molar-refractivity contribution is 0.0472. The molecular formula is C15H14ClNO4S. The van der Waals surface area contributed by atoms with E-state index >= 15 is 0 Å². The number of halogens is 1. The first kappa shape index (κ1) is 16.5. The van der Waals surface area contributed by atoms with E-state index in [-0.39, 0.29) is 17.1 Å². The van der Waals surface area contributed by atoms with E-state index in [1.807, 2.05) is 0 Å². The Bertz CT molecular complexity index is 772. The number of esters is 1. The van der Waals surface area contributed by atoms with Crippen LogP contribution in [0.4, 0.5) is 0 Å². The molecule has 0 aliphatic rings. The molecule has 5 nitrogen and oxygen atoms in total. The van der Waals surface area contributed by atoms with Crippen molar-refractivity contribution in [3.63, 3.8) is 0 Å². The normalized spacial score (nSPS) is 11.2. The molecule has 0 saturated heterocycles. The predicted octanol–water partition coefficient (Wildman–Crippen LogP) is 2.61. The van der Waals surface area contributed by atoms with Crippen LogP contribution in [0, 0.1) is 0 Å². The summed E-state index contributed by atoms with van der Waals surface area (Å²) < 4.78 is 30.8. The van der Waals surface area contributed by atoms with Crippen molar-refractivity contribution in [3.05, 3.63) is 64.7 Å². The summed E-state index contributed by atoms with van der Waals surface area (Å²) in [6.45, 7) is 0.0823. The maximum Gasteiger partial charge on any atom is 0.338 e. The van der Waals surface area contributed by atoms with E-state index in [0.29, 0.717) is 5.02 Å². The standard InChI is InChI=1S/C15H14ClNO4S/c1-17-22(19,20)14-4-2-3-12(9-14)15(18)21-10-11-5-7-13(16)8-6-11/h2-9,17H,10H2,1H3. The predicted molar refractivity (Wildman–Crippen MR) is 83.3 cm³/mol. The molecule has 0 atom stereocenters. The first-order valence-electron chi connectivity index (χ1n) is 6.37. The van der Waals surface area contributed by atoms with Crippen LogP contribution in [-0.2, 0) is 21.4 Å². The molecule has 0 aliphatic carbocycles. The molecule has 0 saturated carbocycles. The smallest absolute Gasteiger partial charge is 0.338 e. The molecule has 22 heavy (non-hydrogen) atoms. The second-order valence-corrected chi connectivity index (χ2v) is 6.76. The minimum Gasteiger partial charge on any atom is -0.457 e. The Labute approximate surface area is 133 Å². The molecule has 0 radical (unpaired) electrons. The number of rotatable bonds is 5. The minimum absolute atomic E-state index is 0.0101. The number of ether oxygens (including phenoxy) is 1. The van der Waals surface area contributed by atoms with Crippen LogP contribution in [0.5, 0.6) is 0 Å². The molecule has 7 heteroatoms. The summed E-state index contributed by atoms with van der Waals surface area (Å²) >= 11 is 5.77. The lowest BCUT2D eigenvalue weighted by atomic mass is 10.2. The number of hydrogen-bond acceptors (Lipinski definition) is 4. The van der Waals surface area contributed by atoms with Gasteiger partial charge in [0, 0.05) is 5.02 Å². The first-order valence-corrected chi connectivity index (χ1v) is 8.23. The monoisotopic (exact) mass is 339 g/mol. The Morgan fingerprint density at radius 2 is 1.86 bits per heavy atom. The summed E-state index contributed by atoms with van der Waals surface area (Å²) in [5, 5.41) is 0.597. The topological polar surface area (TPSA) is 72.5 Å². The molecule has 116 valence electrons. The van der Waals surface area contributed by atoms with E-state index in [1.165, 1.54) is 31.3 Å². The second kappa shape index (κ2) is 6.91. The van der Waals surface area contributed by atoms with E-state index < -0.39 is 16.0 Å². The second-order valence-electron chi connectivity index (χ2n) is 4.44. The van der Waals surface area contributed by atoms with Gasteiger partial charge in [0.05, 0.1) is 10.5 Å². The van der Waals surface area contributed by atoms with Crippen molar-refractivity contribution in [1.82, 2.24) is 4.72 Å². The Morgan fingerprint density at radius 3 is 2.50 bits per heavy atom. The van der Waals surface area contributed by atoms with Crippen LogP contribution >= 0.6 is 11.6 Å².